The number of rotatable bonds is 3. The first-order valence-electron chi connectivity index (χ1n) is 4.82. The van der Waals surface area contributed by atoms with Gasteiger partial charge in [0.1, 0.15) is 12.7 Å². The monoisotopic (exact) mass is 212 g/mol. The zero-order valence-corrected chi connectivity index (χ0v) is 8.43. The molecule has 0 radical (unpaired) electrons. The molecule has 0 bridgehead atoms. The van der Waals surface area contributed by atoms with E-state index in [0.29, 0.717) is 5.69 Å². The first-order valence-corrected chi connectivity index (χ1v) is 4.82. The standard InChI is InChI=1S/C9H13FN4O/c1-6-8(11)9(15)14(6)7-4-12-13(5-7)3-2-10/h4-6,8H,2-3,11H2,1H3/t6-,8-/m1/s1. The molecule has 2 rings (SSSR count). The molecule has 2 atom stereocenters. The van der Waals surface area contributed by atoms with Gasteiger partial charge in [-0.15, -0.1) is 0 Å². The van der Waals surface area contributed by atoms with E-state index < -0.39 is 12.7 Å². The third kappa shape index (κ3) is 1.50. The van der Waals surface area contributed by atoms with Crippen molar-refractivity contribution in [3.63, 3.8) is 0 Å². The topological polar surface area (TPSA) is 64.2 Å². The molecule has 1 aliphatic heterocycles. The van der Waals surface area contributed by atoms with Crippen LogP contribution in [-0.2, 0) is 11.3 Å². The Morgan fingerprint density at radius 3 is 3.00 bits per heavy atom. The number of aromatic nitrogens is 2. The summed E-state index contributed by atoms with van der Waals surface area (Å²) >= 11 is 0. The second kappa shape index (κ2) is 3.62. The van der Waals surface area contributed by atoms with Gasteiger partial charge in [-0.3, -0.25) is 9.48 Å². The van der Waals surface area contributed by atoms with Gasteiger partial charge >= 0.3 is 0 Å². The fourth-order valence-electron chi connectivity index (χ4n) is 1.69. The summed E-state index contributed by atoms with van der Waals surface area (Å²) in [6, 6.07) is -0.435. The van der Waals surface area contributed by atoms with Crippen molar-refractivity contribution < 1.29 is 9.18 Å². The average molecular weight is 212 g/mol. The summed E-state index contributed by atoms with van der Waals surface area (Å²) in [5, 5.41) is 3.94. The summed E-state index contributed by atoms with van der Waals surface area (Å²) in [6.07, 6.45) is 3.20. The molecule has 1 saturated heterocycles. The van der Waals surface area contributed by atoms with Gasteiger partial charge in [-0.05, 0) is 6.92 Å². The number of alkyl halides is 1. The van der Waals surface area contributed by atoms with Crippen LogP contribution in [0, 0.1) is 0 Å². The molecule has 15 heavy (non-hydrogen) atoms. The number of β-lactam (4-membered cyclic amide) rings is 1. The van der Waals surface area contributed by atoms with Crippen molar-refractivity contribution >= 4 is 11.6 Å². The zero-order valence-electron chi connectivity index (χ0n) is 8.43. The van der Waals surface area contributed by atoms with Crippen LogP contribution < -0.4 is 10.6 Å². The van der Waals surface area contributed by atoms with Gasteiger partial charge in [-0.1, -0.05) is 0 Å². The summed E-state index contributed by atoms with van der Waals surface area (Å²) in [4.78, 5) is 13.0. The molecule has 1 aliphatic rings. The SMILES string of the molecule is C[C@@H]1[C@@H](N)C(=O)N1c1cnn(CCF)c1. The van der Waals surface area contributed by atoms with Gasteiger partial charge in [-0.2, -0.15) is 5.10 Å². The first kappa shape index (κ1) is 10.1. The van der Waals surface area contributed by atoms with Crippen LogP contribution in [0.1, 0.15) is 6.92 Å². The molecule has 0 unspecified atom stereocenters. The third-order valence-electron chi connectivity index (χ3n) is 2.66. The largest absolute Gasteiger partial charge is 0.318 e. The fraction of sp³-hybridized carbons (Fsp3) is 0.556. The van der Waals surface area contributed by atoms with E-state index in [9.17, 15) is 9.18 Å². The lowest BCUT2D eigenvalue weighted by molar-refractivity contribution is -0.125. The second-order valence-corrected chi connectivity index (χ2v) is 3.63. The smallest absolute Gasteiger partial charge is 0.246 e. The molecular weight excluding hydrogens is 199 g/mol. The second-order valence-electron chi connectivity index (χ2n) is 3.63. The average Bonchev–Trinajstić information content (AvgIpc) is 2.66. The number of hydrogen-bond donors (Lipinski definition) is 1. The van der Waals surface area contributed by atoms with E-state index in [-0.39, 0.29) is 18.5 Å². The van der Waals surface area contributed by atoms with Crippen LogP contribution in [0.15, 0.2) is 12.4 Å². The van der Waals surface area contributed by atoms with Crippen LogP contribution >= 0.6 is 0 Å². The molecule has 0 spiro atoms. The Kier molecular flexibility index (Phi) is 2.44. The van der Waals surface area contributed by atoms with Crippen LogP contribution in [0.25, 0.3) is 0 Å². The Morgan fingerprint density at radius 1 is 1.67 bits per heavy atom. The van der Waals surface area contributed by atoms with Gasteiger partial charge in [0.15, 0.2) is 0 Å². The molecule has 0 aliphatic carbocycles. The quantitative estimate of drug-likeness (QED) is 0.712. The van der Waals surface area contributed by atoms with Gasteiger partial charge in [0.25, 0.3) is 0 Å². The fourth-order valence-corrected chi connectivity index (χ4v) is 1.69. The molecule has 1 fully saturated rings. The predicted octanol–water partition coefficient (Wildman–Crippen LogP) is -0.0850. The number of anilines is 1. The number of hydrogen-bond acceptors (Lipinski definition) is 3. The minimum Gasteiger partial charge on any atom is -0.318 e. The Balaban J connectivity index is 2.13. The van der Waals surface area contributed by atoms with Crippen LogP contribution in [0.2, 0.25) is 0 Å². The van der Waals surface area contributed by atoms with E-state index >= 15 is 0 Å². The summed E-state index contributed by atoms with van der Waals surface area (Å²) in [7, 11) is 0. The Bertz CT molecular complexity index is 378. The molecule has 2 heterocycles. The maximum absolute atomic E-state index is 12.0. The van der Waals surface area contributed by atoms with Crippen LogP contribution in [0.5, 0.6) is 0 Å². The lowest BCUT2D eigenvalue weighted by Crippen LogP contribution is -2.67. The van der Waals surface area contributed by atoms with E-state index in [1.165, 1.54) is 4.68 Å². The molecular formula is C9H13FN4O. The van der Waals surface area contributed by atoms with Gasteiger partial charge < -0.3 is 10.6 Å². The maximum Gasteiger partial charge on any atom is 0.246 e. The van der Waals surface area contributed by atoms with Crippen LogP contribution in [0.3, 0.4) is 0 Å². The van der Waals surface area contributed by atoms with E-state index in [1.807, 2.05) is 6.92 Å². The summed E-state index contributed by atoms with van der Waals surface area (Å²) in [5.74, 6) is -0.109. The van der Waals surface area contributed by atoms with E-state index in [4.69, 9.17) is 5.73 Å². The van der Waals surface area contributed by atoms with Crippen LogP contribution in [0.4, 0.5) is 10.1 Å². The summed E-state index contributed by atoms with van der Waals surface area (Å²) < 4.78 is 13.5. The number of halogens is 1. The molecule has 5 nitrogen and oxygen atoms in total. The Hall–Kier alpha value is -1.43. The molecule has 1 aromatic heterocycles. The van der Waals surface area contributed by atoms with E-state index in [1.54, 1.807) is 17.3 Å². The van der Waals surface area contributed by atoms with Gasteiger partial charge in [0.05, 0.1) is 24.5 Å². The zero-order chi connectivity index (χ0) is 11.0. The van der Waals surface area contributed by atoms with Crippen LogP contribution in [-0.4, -0.2) is 34.4 Å². The maximum atomic E-state index is 12.0. The number of nitrogens with two attached hydrogens (primary N) is 1. The van der Waals surface area contributed by atoms with Crippen molar-refractivity contribution in [1.29, 1.82) is 0 Å². The molecule has 1 amide bonds. The number of carbonyl (C=O) groups excluding carboxylic acids is 1. The van der Waals surface area contributed by atoms with Gasteiger partial charge in [-0.25, -0.2) is 4.39 Å². The minimum absolute atomic E-state index is 0.0134. The van der Waals surface area contributed by atoms with Crippen molar-refractivity contribution in [1.82, 2.24) is 9.78 Å². The summed E-state index contributed by atoms with van der Waals surface area (Å²) in [5.41, 5.74) is 6.26. The van der Waals surface area contributed by atoms with Crippen molar-refractivity contribution in [3.05, 3.63) is 12.4 Å². The third-order valence-corrected chi connectivity index (χ3v) is 2.66. The molecule has 0 aromatic carbocycles. The lowest BCUT2D eigenvalue weighted by Gasteiger charge is -2.42. The molecule has 6 heteroatoms. The lowest BCUT2D eigenvalue weighted by atomic mass is 9.97. The number of carbonyl (C=O) groups is 1. The molecule has 1 aromatic rings. The highest BCUT2D eigenvalue weighted by molar-refractivity contribution is 6.04. The Labute approximate surface area is 86.6 Å². The first-order chi connectivity index (χ1) is 7.15. The van der Waals surface area contributed by atoms with E-state index in [0.717, 1.165) is 0 Å². The van der Waals surface area contributed by atoms with Crippen molar-refractivity contribution in [2.45, 2.75) is 25.6 Å². The summed E-state index contributed by atoms with van der Waals surface area (Å²) in [6.45, 7) is 1.62. The Morgan fingerprint density at radius 2 is 2.40 bits per heavy atom. The van der Waals surface area contributed by atoms with Gasteiger partial charge in [0, 0.05) is 6.20 Å². The molecule has 82 valence electrons. The van der Waals surface area contributed by atoms with Crippen molar-refractivity contribution in [2.75, 3.05) is 11.6 Å². The van der Waals surface area contributed by atoms with Crippen molar-refractivity contribution in [3.8, 4) is 0 Å². The normalized spacial score (nSPS) is 25.5. The molecule has 2 N–H and O–H groups in total. The van der Waals surface area contributed by atoms with Gasteiger partial charge in [0.2, 0.25) is 5.91 Å². The highest BCUT2D eigenvalue weighted by Gasteiger charge is 2.43. The highest BCUT2D eigenvalue weighted by Crippen LogP contribution is 2.26. The number of amides is 1. The highest BCUT2D eigenvalue weighted by atomic mass is 19.1. The minimum atomic E-state index is -0.468. The predicted molar refractivity (Wildman–Crippen MR) is 53.1 cm³/mol. The van der Waals surface area contributed by atoms with Crippen molar-refractivity contribution in [2.24, 2.45) is 5.73 Å². The molecule has 0 saturated carbocycles. The number of nitrogens with zero attached hydrogens (tertiary/aromatic N) is 3. The van der Waals surface area contributed by atoms with E-state index in [2.05, 4.69) is 5.10 Å². The number of aryl methyl sites for hydroxylation is 1.